The molecule has 30 heavy (non-hydrogen) atoms. The zero-order valence-corrected chi connectivity index (χ0v) is 19.5. The summed E-state index contributed by atoms with van der Waals surface area (Å²) in [4.78, 5) is 31.3. The van der Waals surface area contributed by atoms with Gasteiger partial charge >= 0.3 is 0 Å². The first kappa shape index (κ1) is 21.1. The van der Waals surface area contributed by atoms with Crippen molar-refractivity contribution in [3.8, 4) is 5.69 Å². The quantitative estimate of drug-likeness (QED) is 0.459. The fourth-order valence-electron chi connectivity index (χ4n) is 3.34. The van der Waals surface area contributed by atoms with Gasteiger partial charge in [-0.2, -0.15) is 0 Å². The van der Waals surface area contributed by atoms with Gasteiger partial charge in [0.25, 0.3) is 5.56 Å². The maximum atomic E-state index is 13.4. The van der Waals surface area contributed by atoms with Gasteiger partial charge in [-0.15, -0.1) is 22.0 Å². The van der Waals surface area contributed by atoms with Crippen LogP contribution in [0.15, 0.2) is 33.0 Å². The van der Waals surface area contributed by atoms with E-state index in [1.54, 1.807) is 16.3 Å². The number of anilines is 1. The smallest absolute Gasteiger partial charge is 0.272 e. The Balaban J connectivity index is 1.67. The Morgan fingerprint density at radius 1 is 1.23 bits per heavy atom. The molecule has 0 fully saturated rings. The molecular formula is C20H21N5O2S3. The normalized spacial score (nSPS) is 15.3. The van der Waals surface area contributed by atoms with Gasteiger partial charge in [-0.05, 0) is 44.0 Å². The van der Waals surface area contributed by atoms with Crippen molar-refractivity contribution in [3.05, 3.63) is 50.4 Å². The Morgan fingerprint density at radius 3 is 2.63 bits per heavy atom. The topological polar surface area (TPSA) is 89.8 Å². The summed E-state index contributed by atoms with van der Waals surface area (Å²) >= 11 is 4.15. The third-order valence-electron chi connectivity index (χ3n) is 4.45. The van der Waals surface area contributed by atoms with Crippen LogP contribution in [0.1, 0.15) is 28.8 Å². The van der Waals surface area contributed by atoms with Crippen molar-refractivity contribution in [3.63, 3.8) is 0 Å². The molecule has 0 bridgehead atoms. The number of thioether (sulfide) groups is 2. The molecule has 2 aromatic heterocycles. The van der Waals surface area contributed by atoms with Crippen molar-refractivity contribution in [2.24, 2.45) is 0 Å². The Morgan fingerprint density at radius 2 is 1.97 bits per heavy atom. The lowest BCUT2D eigenvalue weighted by atomic mass is 10.1. The number of nitrogens with one attached hydrogen (secondary N) is 1. The summed E-state index contributed by atoms with van der Waals surface area (Å²) in [5.74, 6) is -0.0854. The summed E-state index contributed by atoms with van der Waals surface area (Å²) in [6.45, 7) is 7.93. The van der Waals surface area contributed by atoms with Gasteiger partial charge in [0.1, 0.15) is 5.01 Å². The largest absolute Gasteiger partial charge is 0.300 e. The lowest BCUT2D eigenvalue weighted by molar-refractivity contribution is -0.113. The number of aryl methyl sites for hydroxylation is 3. The number of benzene rings is 1. The van der Waals surface area contributed by atoms with Crippen LogP contribution in [0.5, 0.6) is 0 Å². The molecule has 3 heterocycles. The molecular weight excluding hydrogens is 438 g/mol. The van der Waals surface area contributed by atoms with Crippen LogP contribution < -0.4 is 10.9 Å². The van der Waals surface area contributed by atoms with Gasteiger partial charge in [0.05, 0.1) is 22.0 Å². The summed E-state index contributed by atoms with van der Waals surface area (Å²) in [5.41, 5.74) is 3.66. The molecule has 1 unspecified atom stereocenters. The van der Waals surface area contributed by atoms with Gasteiger partial charge in [0, 0.05) is 11.7 Å². The molecule has 4 rings (SSSR count). The molecule has 1 aliphatic heterocycles. The highest BCUT2D eigenvalue weighted by atomic mass is 32.2. The van der Waals surface area contributed by atoms with E-state index in [2.05, 4.69) is 28.5 Å². The predicted octanol–water partition coefficient (Wildman–Crippen LogP) is 3.78. The highest BCUT2D eigenvalue weighted by molar-refractivity contribution is 8.00. The van der Waals surface area contributed by atoms with E-state index < -0.39 is 0 Å². The maximum absolute atomic E-state index is 13.4. The second-order valence-corrected chi connectivity index (χ2v) is 10.8. The Kier molecular flexibility index (Phi) is 5.99. The minimum Gasteiger partial charge on any atom is -0.300 e. The number of amides is 1. The number of carbonyl (C=O) groups excluding carboxylic acids is 1. The molecule has 1 atom stereocenters. The van der Waals surface area contributed by atoms with Crippen LogP contribution in [-0.4, -0.2) is 36.7 Å². The number of fused-ring (bicyclic) bond motifs is 1. The van der Waals surface area contributed by atoms with E-state index in [0.717, 1.165) is 33.9 Å². The van der Waals surface area contributed by atoms with Gasteiger partial charge in [0.2, 0.25) is 11.0 Å². The molecule has 0 aliphatic carbocycles. The Bertz CT molecular complexity index is 1170. The zero-order chi connectivity index (χ0) is 21.4. The first-order valence-corrected chi connectivity index (χ1v) is 12.1. The number of nitrogens with zero attached hydrogens (tertiary/aromatic N) is 4. The van der Waals surface area contributed by atoms with Gasteiger partial charge < -0.3 is 0 Å². The number of rotatable bonds is 5. The lowest BCUT2D eigenvalue weighted by Crippen LogP contribution is -2.25. The molecule has 156 valence electrons. The minimum atomic E-state index is -0.208. The van der Waals surface area contributed by atoms with Gasteiger partial charge in [0.15, 0.2) is 5.16 Å². The average molecular weight is 460 g/mol. The highest BCUT2D eigenvalue weighted by Crippen LogP contribution is 2.35. The SMILES string of the molecule is Cc1cc(C)cc(-n2c(SCC(=O)Nc3nnc(C)s3)nc3c(c2=O)SC(C)C3)c1. The monoisotopic (exact) mass is 459 g/mol. The average Bonchev–Trinajstić information content (AvgIpc) is 3.24. The van der Waals surface area contributed by atoms with Gasteiger partial charge in [-0.3, -0.25) is 19.5 Å². The van der Waals surface area contributed by atoms with E-state index >= 15 is 0 Å². The summed E-state index contributed by atoms with van der Waals surface area (Å²) in [7, 11) is 0. The van der Waals surface area contributed by atoms with Crippen molar-refractivity contribution >= 4 is 45.9 Å². The summed E-state index contributed by atoms with van der Waals surface area (Å²) in [6, 6.07) is 6.01. The van der Waals surface area contributed by atoms with Crippen LogP contribution in [-0.2, 0) is 11.2 Å². The van der Waals surface area contributed by atoms with Crippen molar-refractivity contribution in [1.29, 1.82) is 0 Å². The zero-order valence-electron chi connectivity index (χ0n) is 17.1. The number of hydrogen-bond donors (Lipinski definition) is 1. The maximum Gasteiger partial charge on any atom is 0.272 e. The molecule has 3 aromatic rings. The van der Waals surface area contributed by atoms with E-state index in [9.17, 15) is 9.59 Å². The Labute approximate surface area is 186 Å². The van der Waals surface area contributed by atoms with Crippen molar-refractivity contribution in [2.75, 3.05) is 11.1 Å². The fourth-order valence-corrected chi connectivity index (χ4v) is 5.87. The molecule has 1 amide bonds. The standard InChI is InChI=1S/C20H21N5O2S3/c1-10-5-11(2)7-14(6-10)25-18(27)17-15(8-12(3)29-17)21-20(25)28-9-16(26)22-19-24-23-13(4)30-19/h5-7,12H,8-9H2,1-4H3,(H,22,24,26). The van der Waals surface area contributed by atoms with Crippen LogP contribution >= 0.6 is 34.9 Å². The van der Waals surface area contributed by atoms with Gasteiger partial charge in [-0.1, -0.05) is 36.1 Å². The number of hydrogen-bond acceptors (Lipinski definition) is 8. The first-order chi connectivity index (χ1) is 14.3. The molecule has 0 saturated carbocycles. The minimum absolute atomic E-state index is 0.0676. The Hall–Kier alpha value is -2.17. The van der Waals surface area contributed by atoms with E-state index in [1.165, 1.54) is 23.1 Å². The molecule has 1 aliphatic rings. The van der Waals surface area contributed by atoms with E-state index in [-0.39, 0.29) is 17.2 Å². The van der Waals surface area contributed by atoms with Crippen molar-refractivity contribution < 1.29 is 4.79 Å². The summed E-state index contributed by atoms with van der Waals surface area (Å²) in [5, 5.41) is 12.7. The second-order valence-electron chi connectivity index (χ2n) is 7.25. The van der Waals surface area contributed by atoms with Crippen LogP contribution in [0.2, 0.25) is 0 Å². The molecule has 0 saturated heterocycles. The van der Waals surface area contributed by atoms with E-state index in [4.69, 9.17) is 4.98 Å². The van der Waals surface area contributed by atoms with Crippen LogP contribution in [0.3, 0.4) is 0 Å². The van der Waals surface area contributed by atoms with Gasteiger partial charge in [-0.25, -0.2) is 4.98 Å². The molecule has 10 heteroatoms. The predicted molar refractivity (Wildman–Crippen MR) is 122 cm³/mol. The third-order valence-corrected chi connectivity index (χ3v) is 7.36. The van der Waals surface area contributed by atoms with Crippen LogP contribution in [0.25, 0.3) is 5.69 Å². The highest BCUT2D eigenvalue weighted by Gasteiger charge is 2.27. The van der Waals surface area contributed by atoms with E-state index in [1.807, 2.05) is 32.9 Å². The van der Waals surface area contributed by atoms with Crippen molar-refractivity contribution in [2.45, 2.75) is 49.4 Å². The van der Waals surface area contributed by atoms with Crippen LogP contribution in [0, 0.1) is 20.8 Å². The summed E-state index contributed by atoms with van der Waals surface area (Å²) < 4.78 is 1.64. The number of carbonyl (C=O) groups is 1. The first-order valence-electron chi connectivity index (χ1n) is 9.44. The molecule has 0 spiro atoms. The molecule has 7 nitrogen and oxygen atoms in total. The summed E-state index contributed by atoms with van der Waals surface area (Å²) in [6.07, 6.45) is 0.757. The lowest BCUT2D eigenvalue weighted by Gasteiger charge is -2.14. The fraction of sp³-hybridized carbons (Fsp3) is 0.350. The molecule has 1 N–H and O–H groups in total. The molecule has 1 aromatic carbocycles. The number of aromatic nitrogens is 4. The second kappa shape index (κ2) is 8.52. The van der Waals surface area contributed by atoms with Crippen molar-refractivity contribution in [1.82, 2.24) is 19.7 Å². The molecule has 0 radical (unpaired) electrons. The van der Waals surface area contributed by atoms with E-state index in [0.29, 0.717) is 20.4 Å². The third kappa shape index (κ3) is 4.45. The van der Waals surface area contributed by atoms with Crippen LogP contribution in [0.4, 0.5) is 5.13 Å².